The minimum absolute atomic E-state index is 0.0730. The molecule has 0 fully saturated rings. The van der Waals surface area contributed by atoms with Crippen molar-refractivity contribution in [1.29, 1.82) is 0 Å². The number of carbonyl (C=O) groups excluding carboxylic acids is 2. The van der Waals surface area contributed by atoms with E-state index in [1.807, 2.05) is 13.0 Å². The fraction of sp³-hybridized carbons (Fsp3) is 0.455. The summed E-state index contributed by atoms with van der Waals surface area (Å²) in [5, 5.41) is 0. The van der Waals surface area contributed by atoms with E-state index in [4.69, 9.17) is 0 Å². The molecule has 2 aliphatic rings. The lowest BCUT2D eigenvalue weighted by atomic mass is 10.00. The van der Waals surface area contributed by atoms with Gasteiger partial charge in [0.25, 0.3) is 11.8 Å². The Bertz CT molecular complexity index is 352. The molecule has 0 spiro atoms. The molecule has 0 unspecified atom stereocenters. The van der Waals surface area contributed by atoms with Crippen LogP contribution in [0.25, 0.3) is 0 Å². The minimum Gasteiger partial charge on any atom is -0.275 e. The highest BCUT2D eigenvalue weighted by atomic mass is 16.2. The van der Waals surface area contributed by atoms with E-state index < -0.39 is 0 Å². The molecule has 0 aromatic heterocycles. The molecule has 0 N–H and O–H groups in total. The van der Waals surface area contributed by atoms with E-state index in [9.17, 15) is 9.59 Å². The van der Waals surface area contributed by atoms with Gasteiger partial charge in [0, 0.05) is 17.7 Å². The molecule has 0 saturated carbocycles. The van der Waals surface area contributed by atoms with Gasteiger partial charge in [0.1, 0.15) is 0 Å². The Morgan fingerprint density at radius 3 is 2.79 bits per heavy atom. The molecule has 1 aliphatic heterocycles. The molecule has 0 aromatic carbocycles. The van der Waals surface area contributed by atoms with Gasteiger partial charge in [-0.2, -0.15) is 0 Å². The van der Waals surface area contributed by atoms with Crippen molar-refractivity contribution in [3.05, 3.63) is 23.3 Å². The summed E-state index contributed by atoms with van der Waals surface area (Å²) >= 11 is 0. The van der Waals surface area contributed by atoms with Crippen LogP contribution in [0.5, 0.6) is 0 Å². The van der Waals surface area contributed by atoms with Crippen molar-refractivity contribution < 1.29 is 9.59 Å². The van der Waals surface area contributed by atoms with Gasteiger partial charge < -0.3 is 0 Å². The van der Waals surface area contributed by atoms with E-state index in [0.717, 1.165) is 19.3 Å². The molecule has 3 heteroatoms. The normalized spacial score (nSPS) is 20.8. The summed E-state index contributed by atoms with van der Waals surface area (Å²) in [5.74, 6) is -0.181. The van der Waals surface area contributed by atoms with Gasteiger partial charge >= 0.3 is 0 Å². The molecule has 0 saturated heterocycles. The van der Waals surface area contributed by atoms with Gasteiger partial charge in [0.15, 0.2) is 0 Å². The van der Waals surface area contributed by atoms with Crippen LogP contribution in [0.15, 0.2) is 23.3 Å². The Hall–Kier alpha value is -1.38. The number of hydrogen-bond acceptors (Lipinski definition) is 2. The third-order valence-corrected chi connectivity index (χ3v) is 2.60. The van der Waals surface area contributed by atoms with Crippen LogP contribution in [0, 0.1) is 0 Å². The van der Waals surface area contributed by atoms with E-state index in [0.29, 0.717) is 17.7 Å². The molecule has 14 heavy (non-hydrogen) atoms. The fourth-order valence-corrected chi connectivity index (χ4v) is 1.91. The van der Waals surface area contributed by atoms with Crippen molar-refractivity contribution in [1.82, 2.24) is 4.90 Å². The number of rotatable bonds is 2. The molecule has 1 aliphatic carbocycles. The molecule has 0 bridgehead atoms. The lowest BCUT2D eigenvalue weighted by Crippen LogP contribution is -2.32. The van der Waals surface area contributed by atoms with Crippen molar-refractivity contribution in [2.75, 3.05) is 6.54 Å². The van der Waals surface area contributed by atoms with Gasteiger partial charge in [-0.3, -0.25) is 14.5 Å². The highest BCUT2D eigenvalue weighted by molar-refractivity contribution is 6.20. The number of amides is 2. The summed E-state index contributed by atoms with van der Waals surface area (Å²) in [7, 11) is 0. The van der Waals surface area contributed by atoms with Crippen molar-refractivity contribution in [2.45, 2.75) is 26.2 Å². The first-order valence-corrected chi connectivity index (χ1v) is 5.01. The van der Waals surface area contributed by atoms with Gasteiger partial charge in [-0.15, -0.1) is 0 Å². The smallest absolute Gasteiger partial charge is 0.261 e. The number of nitrogens with zero attached hydrogens (tertiary/aromatic N) is 1. The van der Waals surface area contributed by atoms with Gasteiger partial charge in [-0.05, 0) is 19.3 Å². The molecule has 2 rings (SSSR count). The van der Waals surface area contributed by atoms with Crippen LogP contribution in [0.2, 0.25) is 0 Å². The minimum atomic E-state index is -0.109. The molecule has 3 nitrogen and oxygen atoms in total. The second kappa shape index (κ2) is 3.40. The summed E-state index contributed by atoms with van der Waals surface area (Å²) in [4.78, 5) is 24.9. The SMILES string of the molecule is CCCN1C(=O)C2=C(CCC=C2)C1=O. The van der Waals surface area contributed by atoms with Gasteiger partial charge in [0.05, 0.1) is 0 Å². The highest BCUT2D eigenvalue weighted by Gasteiger charge is 2.36. The average molecular weight is 191 g/mol. The van der Waals surface area contributed by atoms with Crippen molar-refractivity contribution in [3.8, 4) is 0 Å². The zero-order chi connectivity index (χ0) is 10.1. The van der Waals surface area contributed by atoms with Gasteiger partial charge in [-0.25, -0.2) is 0 Å². The predicted molar refractivity (Wildman–Crippen MR) is 52.4 cm³/mol. The average Bonchev–Trinajstić information content (AvgIpc) is 2.45. The van der Waals surface area contributed by atoms with Gasteiger partial charge in [0.2, 0.25) is 0 Å². The second-order valence-electron chi connectivity index (χ2n) is 3.60. The largest absolute Gasteiger partial charge is 0.275 e. The van der Waals surface area contributed by atoms with Crippen LogP contribution in [-0.4, -0.2) is 23.3 Å². The zero-order valence-electron chi connectivity index (χ0n) is 8.25. The molecule has 1 heterocycles. The molecule has 74 valence electrons. The maximum Gasteiger partial charge on any atom is 0.261 e. The molecular weight excluding hydrogens is 178 g/mol. The molecule has 2 amide bonds. The lowest BCUT2D eigenvalue weighted by molar-refractivity contribution is -0.137. The monoisotopic (exact) mass is 191 g/mol. The molecule has 0 atom stereocenters. The van der Waals surface area contributed by atoms with Crippen LogP contribution in [-0.2, 0) is 9.59 Å². The summed E-state index contributed by atoms with van der Waals surface area (Å²) in [6.07, 6.45) is 6.16. The third-order valence-electron chi connectivity index (χ3n) is 2.60. The zero-order valence-corrected chi connectivity index (χ0v) is 8.25. The summed E-state index contributed by atoms with van der Waals surface area (Å²) in [5.41, 5.74) is 1.33. The standard InChI is InChI=1S/C11H13NO2/c1-2-7-12-10(13)8-5-3-4-6-9(8)11(12)14/h3,5H,2,4,6-7H2,1H3. The Balaban J connectivity index is 2.30. The van der Waals surface area contributed by atoms with Crippen LogP contribution in [0.3, 0.4) is 0 Å². The Morgan fingerprint density at radius 2 is 2.14 bits per heavy atom. The maximum atomic E-state index is 11.8. The first kappa shape index (κ1) is 9.19. The van der Waals surface area contributed by atoms with E-state index >= 15 is 0 Å². The van der Waals surface area contributed by atoms with Crippen molar-refractivity contribution >= 4 is 11.8 Å². The van der Waals surface area contributed by atoms with Crippen molar-refractivity contribution in [2.24, 2.45) is 0 Å². The lowest BCUT2D eigenvalue weighted by Gasteiger charge is -2.12. The second-order valence-corrected chi connectivity index (χ2v) is 3.60. The number of carbonyl (C=O) groups is 2. The summed E-state index contributed by atoms with van der Waals surface area (Å²) in [6, 6.07) is 0. The van der Waals surface area contributed by atoms with Crippen LogP contribution in [0.1, 0.15) is 26.2 Å². The van der Waals surface area contributed by atoms with Crippen molar-refractivity contribution in [3.63, 3.8) is 0 Å². The van der Waals surface area contributed by atoms with E-state index in [1.54, 1.807) is 6.08 Å². The van der Waals surface area contributed by atoms with Crippen LogP contribution >= 0.6 is 0 Å². The Kier molecular flexibility index (Phi) is 2.23. The molecule has 0 radical (unpaired) electrons. The number of imide groups is 1. The van der Waals surface area contributed by atoms with Crippen LogP contribution in [0.4, 0.5) is 0 Å². The van der Waals surface area contributed by atoms with E-state index in [2.05, 4.69) is 0 Å². The van der Waals surface area contributed by atoms with E-state index in [1.165, 1.54) is 4.90 Å². The summed E-state index contributed by atoms with van der Waals surface area (Å²) < 4.78 is 0. The number of hydrogen-bond donors (Lipinski definition) is 0. The summed E-state index contributed by atoms with van der Waals surface area (Å²) in [6.45, 7) is 2.51. The van der Waals surface area contributed by atoms with Gasteiger partial charge in [-0.1, -0.05) is 19.1 Å². The Morgan fingerprint density at radius 1 is 1.36 bits per heavy atom. The number of allylic oxidation sites excluding steroid dienone is 1. The topological polar surface area (TPSA) is 37.4 Å². The molecular formula is C11H13NO2. The highest BCUT2D eigenvalue weighted by Crippen LogP contribution is 2.28. The first-order valence-electron chi connectivity index (χ1n) is 5.01. The first-order chi connectivity index (χ1) is 6.75. The van der Waals surface area contributed by atoms with E-state index in [-0.39, 0.29) is 11.8 Å². The Labute approximate surface area is 83.1 Å². The third kappa shape index (κ3) is 1.20. The quantitative estimate of drug-likeness (QED) is 0.619. The predicted octanol–water partition coefficient (Wildman–Crippen LogP) is 1.41. The molecule has 0 aromatic rings. The maximum absolute atomic E-state index is 11.8. The fourth-order valence-electron chi connectivity index (χ4n) is 1.91. The van der Waals surface area contributed by atoms with Crippen LogP contribution < -0.4 is 0 Å².